The first kappa shape index (κ1) is 31.7. The van der Waals surface area contributed by atoms with Gasteiger partial charge in [-0.3, -0.25) is 4.57 Å². The first-order valence-corrected chi connectivity index (χ1v) is 19.5. The van der Waals surface area contributed by atoms with Crippen molar-refractivity contribution < 1.29 is 0 Å². The van der Waals surface area contributed by atoms with Crippen molar-refractivity contribution in [3.8, 4) is 50.5 Å². The summed E-state index contributed by atoms with van der Waals surface area (Å²) >= 11 is 0. The largest absolute Gasteiger partial charge is 0.292 e. The van der Waals surface area contributed by atoms with Crippen LogP contribution in [0.5, 0.6) is 0 Å². The number of fused-ring (bicyclic) bond motifs is 5. The molecule has 260 valence electrons. The number of imidazole rings is 1. The second-order valence-electron chi connectivity index (χ2n) is 15.0. The molecule has 1 aliphatic rings. The fourth-order valence-corrected chi connectivity index (χ4v) is 9.15. The zero-order valence-corrected chi connectivity index (χ0v) is 30.5. The lowest BCUT2D eigenvalue weighted by Gasteiger charge is -2.27. The number of aromatic nitrogens is 2. The van der Waals surface area contributed by atoms with E-state index >= 15 is 0 Å². The molecule has 0 saturated carbocycles. The van der Waals surface area contributed by atoms with Crippen LogP contribution in [0.15, 0.2) is 182 Å². The Bertz CT molecular complexity index is 3080. The molecule has 9 aromatic carbocycles. The van der Waals surface area contributed by atoms with Crippen LogP contribution >= 0.6 is 0 Å². The number of benzene rings is 9. The first-order valence-electron chi connectivity index (χ1n) is 19.5. The summed E-state index contributed by atoms with van der Waals surface area (Å²) in [6.07, 6.45) is 4.63. The summed E-state index contributed by atoms with van der Waals surface area (Å²) in [6.45, 7) is 0. The van der Waals surface area contributed by atoms with Crippen molar-refractivity contribution in [2.75, 3.05) is 0 Å². The lowest BCUT2D eigenvalue weighted by Crippen LogP contribution is -2.08. The fraction of sp³-hybridized carbons (Fsp3) is 0.0755. The van der Waals surface area contributed by atoms with Gasteiger partial charge in [0.15, 0.2) is 0 Å². The molecule has 0 fully saturated rings. The quantitative estimate of drug-likeness (QED) is 0.175. The Morgan fingerprint density at radius 2 is 0.909 bits per heavy atom. The SMILES string of the molecule is c1ccc(-n2c(-c3ccc(-c4ccc5c(-c6ccc7ccccc7c6)c6c(c(-c7ccc8ccccc8c7)c5c4)CCCC6)cc3)nc3ccccc32)cc1. The molecule has 0 saturated heterocycles. The van der Waals surface area contributed by atoms with Gasteiger partial charge in [-0.25, -0.2) is 4.98 Å². The molecule has 0 amide bonds. The third kappa shape index (κ3) is 5.36. The van der Waals surface area contributed by atoms with Crippen LogP contribution in [0.1, 0.15) is 24.0 Å². The maximum atomic E-state index is 5.13. The molecule has 2 nitrogen and oxygen atoms in total. The van der Waals surface area contributed by atoms with Crippen LogP contribution in [0.25, 0.3) is 93.8 Å². The Hall–Kier alpha value is -6.77. The fourth-order valence-electron chi connectivity index (χ4n) is 9.15. The molecule has 0 N–H and O–H groups in total. The van der Waals surface area contributed by atoms with Crippen LogP contribution in [0.4, 0.5) is 0 Å². The summed E-state index contributed by atoms with van der Waals surface area (Å²) in [5.74, 6) is 0.947. The lowest BCUT2D eigenvalue weighted by atomic mass is 9.77. The molecule has 10 aromatic rings. The van der Waals surface area contributed by atoms with Crippen LogP contribution in [-0.4, -0.2) is 9.55 Å². The van der Waals surface area contributed by atoms with Crippen LogP contribution in [0, 0.1) is 0 Å². The van der Waals surface area contributed by atoms with Crippen LogP contribution < -0.4 is 0 Å². The summed E-state index contributed by atoms with van der Waals surface area (Å²) < 4.78 is 2.27. The van der Waals surface area contributed by atoms with E-state index in [1.54, 1.807) is 0 Å². The van der Waals surface area contributed by atoms with E-state index in [9.17, 15) is 0 Å². The van der Waals surface area contributed by atoms with Crippen LogP contribution in [0.3, 0.4) is 0 Å². The molecular weight excluding hydrogens is 665 g/mol. The van der Waals surface area contributed by atoms with Crippen molar-refractivity contribution in [3.05, 3.63) is 193 Å². The normalized spacial score (nSPS) is 12.8. The number of para-hydroxylation sites is 3. The highest BCUT2D eigenvalue weighted by Crippen LogP contribution is 2.47. The van der Waals surface area contributed by atoms with Crippen molar-refractivity contribution in [1.29, 1.82) is 0 Å². The molecule has 11 rings (SSSR count). The molecule has 0 unspecified atom stereocenters. The van der Waals surface area contributed by atoms with Gasteiger partial charge < -0.3 is 0 Å². The van der Waals surface area contributed by atoms with Gasteiger partial charge in [-0.2, -0.15) is 0 Å². The predicted octanol–water partition coefficient (Wildman–Crippen LogP) is 14.0. The standard InChI is InChI=1S/C53H38N2/c1-2-16-44(17-3-1)55-50-21-11-10-20-49(50)54-53(55)38-26-22-37(23-27-38)41-30-31-47-48(34-41)52(43-29-25-36-13-5-7-15-40(36)33-43)46-19-9-8-18-45(46)51(47)42-28-24-35-12-4-6-14-39(35)32-42/h1-7,10-17,20-34H,8-9,18-19H2. The van der Waals surface area contributed by atoms with E-state index in [1.807, 2.05) is 0 Å². The monoisotopic (exact) mass is 702 g/mol. The highest BCUT2D eigenvalue weighted by Gasteiger charge is 2.24. The average molecular weight is 703 g/mol. The van der Waals surface area contributed by atoms with E-state index in [1.165, 1.54) is 89.7 Å². The molecule has 55 heavy (non-hydrogen) atoms. The van der Waals surface area contributed by atoms with E-state index in [0.29, 0.717) is 0 Å². The Balaban J connectivity index is 1.11. The van der Waals surface area contributed by atoms with Gasteiger partial charge in [0, 0.05) is 11.3 Å². The highest BCUT2D eigenvalue weighted by atomic mass is 15.1. The van der Waals surface area contributed by atoms with E-state index in [0.717, 1.165) is 41.0 Å². The second-order valence-corrected chi connectivity index (χ2v) is 15.0. The smallest absolute Gasteiger partial charge is 0.145 e. The molecule has 0 atom stereocenters. The topological polar surface area (TPSA) is 17.8 Å². The van der Waals surface area contributed by atoms with Gasteiger partial charge in [-0.1, -0.05) is 140 Å². The van der Waals surface area contributed by atoms with Crippen molar-refractivity contribution in [2.24, 2.45) is 0 Å². The van der Waals surface area contributed by atoms with Gasteiger partial charge in [0.1, 0.15) is 5.82 Å². The summed E-state index contributed by atoms with van der Waals surface area (Å²) in [5.41, 5.74) is 15.2. The van der Waals surface area contributed by atoms with Crippen molar-refractivity contribution >= 4 is 43.4 Å². The summed E-state index contributed by atoms with van der Waals surface area (Å²) in [6, 6.07) is 66.7. The molecule has 0 radical (unpaired) electrons. The van der Waals surface area contributed by atoms with E-state index in [2.05, 4.69) is 187 Å². The first-order chi connectivity index (χ1) is 27.3. The number of nitrogens with zero attached hydrogens (tertiary/aromatic N) is 2. The van der Waals surface area contributed by atoms with Crippen LogP contribution in [0.2, 0.25) is 0 Å². The molecule has 0 aliphatic heterocycles. The van der Waals surface area contributed by atoms with E-state index < -0.39 is 0 Å². The zero-order chi connectivity index (χ0) is 36.3. The van der Waals surface area contributed by atoms with Crippen LogP contribution in [-0.2, 0) is 12.8 Å². The van der Waals surface area contributed by atoms with Crippen molar-refractivity contribution in [3.63, 3.8) is 0 Å². The number of rotatable bonds is 5. The Kier molecular flexibility index (Phi) is 7.48. The van der Waals surface area contributed by atoms with Gasteiger partial charge in [-0.15, -0.1) is 0 Å². The van der Waals surface area contributed by atoms with E-state index in [4.69, 9.17) is 4.98 Å². The zero-order valence-electron chi connectivity index (χ0n) is 30.5. The summed E-state index contributed by atoms with van der Waals surface area (Å²) in [5, 5.41) is 7.78. The minimum absolute atomic E-state index is 0.947. The van der Waals surface area contributed by atoms with Gasteiger partial charge >= 0.3 is 0 Å². The number of hydrogen-bond donors (Lipinski definition) is 0. The third-order valence-corrected chi connectivity index (χ3v) is 11.8. The molecule has 1 aromatic heterocycles. The molecule has 2 heteroatoms. The third-order valence-electron chi connectivity index (χ3n) is 11.8. The van der Waals surface area contributed by atoms with Gasteiger partial charge in [0.2, 0.25) is 0 Å². The van der Waals surface area contributed by atoms with Gasteiger partial charge in [-0.05, 0) is 145 Å². The molecule has 1 aliphatic carbocycles. The average Bonchev–Trinajstić information content (AvgIpc) is 3.65. The molecule has 0 bridgehead atoms. The van der Waals surface area contributed by atoms with E-state index in [-0.39, 0.29) is 0 Å². The van der Waals surface area contributed by atoms with Gasteiger partial charge in [0.25, 0.3) is 0 Å². The number of hydrogen-bond acceptors (Lipinski definition) is 1. The van der Waals surface area contributed by atoms with Gasteiger partial charge in [0.05, 0.1) is 11.0 Å². The summed E-state index contributed by atoms with van der Waals surface area (Å²) in [4.78, 5) is 5.13. The molecule has 1 heterocycles. The molecule has 0 spiro atoms. The Morgan fingerprint density at radius 3 is 1.58 bits per heavy atom. The maximum absolute atomic E-state index is 5.13. The summed E-state index contributed by atoms with van der Waals surface area (Å²) in [7, 11) is 0. The lowest BCUT2D eigenvalue weighted by molar-refractivity contribution is 0.689. The second kappa shape index (κ2) is 13.0. The maximum Gasteiger partial charge on any atom is 0.145 e. The Labute approximate surface area is 321 Å². The molecular formula is C53H38N2. The minimum atomic E-state index is 0.947. The highest BCUT2D eigenvalue weighted by molar-refractivity contribution is 6.11. The van der Waals surface area contributed by atoms with Crippen molar-refractivity contribution in [2.45, 2.75) is 25.7 Å². The minimum Gasteiger partial charge on any atom is -0.292 e. The Morgan fingerprint density at radius 1 is 0.382 bits per heavy atom. The van der Waals surface area contributed by atoms with Crippen molar-refractivity contribution in [1.82, 2.24) is 9.55 Å². The predicted molar refractivity (Wildman–Crippen MR) is 232 cm³/mol.